The normalized spacial score (nSPS) is 11.4. The van der Waals surface area contributed by atoms with Crippen LogP contribution in [-0.2, 0) is 20.5 Å². The molecule has 0 saturated carbocycles. The van der Waals surface area contributed by atoms with Gasteiger partial charge in [0.1, 0.15) is 0 Å². The molecule has 0 fully saturated rings. The summed E-state index contributed by atoms with van der Waals surface area (Å²) in [4.78, 5) is 35.9. The number of hydrogen-bond donors (Lipinski definition) is 2. The van der Waals surface area contributed by atoms with E-state index in [2.05, 4.69) is 15.8 Å². The highest BCUT2D eigenvalue weighted by atomic mass is 19.4. The summed E-state index contributed by atoms with van der Waals surface area (Å²) in [6.45, 7) is 5.17. The lowest BCUT2D eigenvalue weighted by atomic mass is 10.1. The number of hydrogen-bond acceptors (Lipinski definition) is 5. The Kier molecular flexibility index (Phi) is 7.93. The molecular weight excluding hydrogens is 477 g/mol. The lowest BCUT2D eigenvalue weighted by Gasteiger charge is -2.16. The molecule has 11 heteroatoms. The van der Waals surface area contributed by atoms with E-state index in [9.17, 15) is 27.6 Å². The van der Waals surface area contributed by atoms with E-state index < -0.39 is 29.5 Å². The Morgan fingerprint density at radius 3 is 2.33 bits per heavy atom. The number of anilines is 1. The molecule has 1 heterocycles. The summed E-state index contributed by atoms with van der Waals surface area (Å²) in [7, 11) is 0. The predicted octanol–water partition coefficient (Wildman–Crippen LogP) is 4.38. The fourth-order valence-corrected chi connectivity index (χ4v) is 3.50. The number of para-hydroxylation sites is 1. The average molecular weight is 500 g/mol. The van der Waals surface area contributed by atoms with Gasteiger partial charge in [0.2, 0.25) is 0 Å². The topological polar surface area (TPSA) is 102 Å². The molecule has 0 atom stereocenters. The number of hydrazone groups is 1. The number of aryl methyl sites for hydroxylation is 1. The second kappa shape index (κ2) is 10.9. The number of carbonyl (C=O) groups excluding carboxylic acids is 3. The summed E-state index contributed by atoms with van der Waals surface area (Å²) in [5.41, 5.74) is 3.29. The number of ether oxygens (including phenoxy) is 1. The van der Waals surface area contributed by atoms with E-state index in [1.54, 1.807) is 26.8 Å². The average Bonchev–Trinajstić information content (AvgIpc) is 3.11. The van der Waals surface area contributed by atoms with Gasteiger partial charge in [0.25, 0.3) is 0 Å². The van der Waals surface area contributed by atoms with Crippen LogP contribution in [0.2, 0.25) is 0 Å². The standard InChI is InChI=1S/C25H23F3N4O4/c1-4-36-24(35)17-9-11-19(12-10-17)30-22(33)23(34)31-29-14-18-13-15(2)32(16(18)3)21-8-6-5-7-20(21)25(26,27)28/h5-14H,4H2,1-3H3,(H,30,33)(H,31,34). The van der Waals surface area contributed by atoms with Crippen molar-refractivity contribution in [3.63, 3.8) is 0 Å². The van der Waals surface area contributed by atoms with Crippen LogP contribution in [0.15, 0.2) is 59.7 Å². The SMILES string of the molecule is CCOC(=O)c1ccc(NC(=O)C(=O)NN=Cc2cc(C)n(-c3ccccc3C(F)(F)F)c2C)cc1. The van der Waals surface area contributed by atoms with Gasteiger partial charge >= 0.3 is 24.0 Å². The largest absolute Gasteiger partial charge is 0.462 e. The molecule has 8 nitrogen and oxygen atoms in total. The van der Waals surface area contributed by atoms with E-state index in [4.69, 9.17) is 4.74 Å². The molecule has 0 bridgehead atoms. The highest BCUT2D eigenvalue weighted by Gasteiger charge is 2.34. The smallest absolute Gasteiger partial charge is 0.418 e. The minimum absolute atomic E-state index is 0.0305. The van der Waals surface area contributed by atoms with Gasteiger partial charge in [-0.3, -0.25) is 9.59 Å². The number of alkyl halides is 3. The Balaban J connectivity index is 1.68. The zero-order valence-corrected chi connectivity index (χ0v) is 19.6. The van der Waals surface area contributed by atoms with Gasteiger partial charge in [-0.1, -0.05) is 12.1 Å². The van der Waals surface area contributed by atoms with Crippen molar-refractivity contribution in [1.29, 1.82) is 0 Å². The van der Waals surface area contributed by atoms with Crippen LogP contribution in [0.5, 0.6) is 0 Å². The van der Waals surface area contributed by atoms with Gasteiger partial charge in [-0.25, -0.2) is 10.2 Å². The number of aromatic nitrogens is 1. The van der Waals surface area contributed by atoms with Crippen LogP contribution < -0.4 is 10.7 Å². The summed E-state index contributed by atoms with van der Waals surface area (Å²) in [6, 6.07) is 12.6. The quantitative estimate of drug-likeness (QED) is 0.227. The molecule has 2 aromatic carbocycles. The molecule has 36 heavy (non-hydrogen) atoms. The van der Waals surface area contributed by atoms with E-state index in [0.29, 0.717) is 22.5 Å². The third kappa shape index (κ3) is 5.98. The fourth-order valence-electron chi connectivity index (χ4n) is 3.50. The van der Waals surface area contributed by atoms with Gasteiger partial charge in [-0.05, 0) is 63.2 Å². The number of amides is 2. The highest BCUT2D eigenvalue weighted by Crippen LogP contribution is 2.35. The number of nitrogens with zero attached hydrogens (tertiary/aromatic N) is 2. The monoisotopic (exact) mass is 500 g/mol. The van der Waals surface area contributed by atoms with Crippen molar-refractivity contribution in [3.8, 4) is 5.69 Å². The third-order valence-electron chi connectivity index (χ3n) is 5.15. The molecule has 0 aliphatic rings. The number of carbonyl (C=O) groups is 3. The predicted molar refractivity (Wildman–Crippen MR) is 127 cm³/mol. The molecule has 0 spiro atoms. The molecule has 2 amide bonds. The van der Waals surface area contributed by atoms with Crippen molar-refractivity contribution >= 4 is 29.7 Å². The molecule has 0 saturated heterocycles. The number of benzene rings is 2. The fraction of sp³-hybridized carbons (Fsp3) is 0.200. The summed E-state index contributed by atoms with van der Waals surface area (Å²) in [5.74, 6) is -2.57. The zero-order chi connectivity index (χ0) is 26.5. The van der Waals surface area contributed by atoms with Crippen molar-refractivity contribution in [2.24, 2.45) is 5.10 Å². The lowest BCUT2D eigenvalue weighted by molar-refractivity contribution is -0.137. The second-order valence-corrected chi connectivity index (χ2v) is 7.63. The van der Waals surface area contributed by atoms with Crippen LogP contribution in [-0.4, -0.2) is 35.2 Å². The van der Waals surface area contributed by atoms with Crippen molar-refractivity contribution < 1.29 is 32.3 Å². The Morgan fingerprint density at radius 1 is 1.03 bits per heavy atom. The van der Waals surface area contributed by atoms with E-state index in [1.807, 2.05) is 0 Å². The molecular formula is C25H23F3N4O4. The summed E-state index contributed by atoms with van der Waals surface area (Å²) in [5, 5.41) is 6.13. The van der Waals surface area contributed by atoms with Crippen LogP contribution in [0, 0.1) is 13.8 Å². The maximum absolute atomic E-state index is 13.5. The number of rotatable bonds is 6. The lowest BCUT2D eigenvalue weighted by Crippen LogP contribution is -2.32. The van der Waals surface area contributed by atoms with E-state index in [-0.39, 0.29) is 18.0 Å². The summed E-state index contributed by atoms with van der Waals surface area (Å²) in [6.07, 6.45) is -3.29. The van der Waals surface area contributed by atoms with Crippen molar-refractivity contribution in [1.82, 2.24) is 9.99 Å². The Hall–Kier alpha value is -4.41. The van der Waals surface area contributed by atoms with E-state index >= 15 is 0 Å². The second-order valence-electron chi connectivity index (χ2n) is 7.63. The molecule has 3 rings (SSSR count). The van der Waals surface area contributed by atoms with Gasteiger partial charge < -0.3 is 14.6 Å². The molecule has 3 aromatic rings. The van der Waals surface area contributed by atoms with Crippen molar-refractivity contribution in [3.05, 3.63) is 82.7 Å². The van der Waals surface area contributed by atoms with Gasteiger partial charge in [-0.15, -0.1) is 0 Å². The molecule has 0 radical (unpaired) electrons. The van der Waals surface area contributed by atoms with Crippen molar-refractivity contribution in [2.45, 2.75) is 26.9 Å². The number of halogens is 3. The minimum Gasteiger partial charge on any atom is -0.462 e. The van der Waals surface area contributed by atoms with Crippen LogP contribution in [0.3, 0.4) is 0 Å². The van der Waals surface area contributed by atoms with Crippen LogP contribution in [0.4, 0.5) is 18.9 Å². The van der Waals surface area contributed by atoms with E-state index in [1.165, 1.54) is 53.2 Å². The van der Waals surface area contributed by atoms with Crippen molar-refractivity contribution in [2.75, 3.05) is 11.9 Å². The molecule has 188 valence electrons. The Morgan fingerprint density at radius 2 is 1.69 bits per heavy atom. The minimum atomic E-state index is -4.53. The van der Waals surface area contributed by atoms with Gasteiger partial charge in [0.15, 0.2) is 0 Å². The van der Waals surface area contributed by atoms with Gasteiger partial charge in [0, 0.05) is 22.6 Å². The maximum atomic E-state index is 13.5. The first kappa shape index (κ1) is 26.2. The Labute approximate surface area is 204 Å². The highest BCUT2D eigenvalue weighted by molar-refractivity contribution is 6.39. The van der Waals surface area contributed by atoms with Crippen LogP contribution in [0.25, 0.3) is 5.69 Å². The molecule has 0 unspecified atom stereocenters. The summed E-state index contributed by atoms with van der Waals surface area (Å²) >= 11 is 0. The molecule has 0 aliphatic carbocycles. The number of nitrogens with one attached hydrogen (secondary N) is 2. The first-order chi connectivity index (χ1) is 17.0. The number of esters is 1. The Bertz CT molecular complexity index is 1310. The molecule has 1 aromatic heterocycles. The van der Waals surface area contributed by atoms with Gasteiger partial charge in [0.05, 0.1) is 29.6 Å². The molecule has 2 N–H and O–H groups in total. The van der Waals surface area contributed by atoms with E-state index in [0.717, 1.165) is 6.07 Å². The van der Waals surface area contributed by atoms with Gasteiger partial charge in [-0.2, -0.15) is 18.3 Å². The first-order valence-electron chi connectivity index (χ1n) is 10.8. The molecule has 0 aliphatic heterocycles. The van der Waals surface area contributed by atoms with Crippen LogP contribution in [0.1, 0.15) is 39.8 Å². The first-order valence-corrected chi connectivity index (χ1v) is 10.8. The third-order valence-corrected chi connectivity index (χ3v) is 5.15. The van der Waals surface area contributed by atoms with Crippen LogP contribution >= 0.6 is 0 Å². The maximum Gasteiger partial charge on any atom is 0.418 e. The summed E-state index contributed by atoms with van der Waals surface area (Å²) < 4.78 is 46.7. The zero-order valence-electron chi connectivity index (χ0n) is 19.6.